The molecule has 0 heteroatoms. The van der Waals surface area contributed by atoms with Crippen LogP contribution in [0.3, 0.4) is 0 Å². The van der Waals surface area contributed by atoms with E-state index in [4.69, 9.17) is 0 Å². The zero-order valence-corrected chi connectivity index (χ0v) is 17.5. The van der Waals surface area contributed by atoms with Gasteiger partial charge < -0.3 is 0 Å². The zero-order valence-electron chi connectivity index (χ0n) is 17.5. The van der Waals surface area contributed by atoms with Gasteiger partial charge in [0, 0.05) is 11.3 Å². The van der Waals surface area contributed by atoms with E-state index in [1.54, 1.807) is 0 Å². The first-order chi connectivity index (χ1) is 14.7. The van der Waals surface area contributed by atoms with Crippen LogP contribution in [0.4, 0.5) is 0 Å². The van der Waals surface area contributed by atoms with Gasteiger partial charge in [-0.2, -0.15) is 0 Å². The van der Waals surface area contributed by atoms with E-state index in [0.717, 1.165) is 0 Å². The van der Waals surface area contributed by atoms with Gasteiger partial charge in [-0.1, -0.05) is 123 Å². The maximum absolute atomic E-state index is 2.41. The molecule has 0 N–H and O–H groups in total. The van der Waals surface area contributed by atoms with Gasteiger partial charge in [-0.15, -0.1) is 0 Å². The Morgan fingerprint density at radius 2 is 0.900 bits per heavy atom. The molecule has 5 rings (SSSR count). The highest BCUT2D eigenvalue weighted by atomic mass is 14.4. The van der Waals surface area contributed by atoms with Crippen molar-refractivity contribution in [3.63, 3.8) is 0 Å². The number of hydrogen-bond donors (Lipinski definition) is 0. The molecule has 30 heavy (non-hydrogen) atoms. The lowest BCUT2D eigenvalue weighted by Crippen LogP contribution is -2.28. The number of fused-ring (bicyclic) bond motifs is 2. The summed E-state index contributed by atoms with van der Waals surface area (Å²) >= 11 is 0. The quantitative estimate of drug-likeness (QED) is 0.274. The molecule has 0 heterocycles. The van der Waals surface area contributed by atoms with Gasteiger partial charge in [-0.25, -0.2) is 0 Å². The summed E-state index contributed by atoms with van der Waals surface area (Å²) in [6.07, 6.45) is 0. The van der Waals surface area contributed by atoms with Gasteiger partial charge in [0.1, 0.15) is 0 Å². The van der Waals surface area contributed by atoms with E-state index in [9.17, 15) is 0 Å². The van der Waals surface area contributed by atoms with Gasteiger partial charge in [-0.05, 0) is 44.3 Å². The van der Waals surface area contributed by atoms with Crippen LogP contribution in [0, 0.1) is 0 Å². The van der Waals surface area contributed by atoms with Crippen molar-refractivity contribution in [1.29, 1.82) is 0 Å². The Bertz CT molecular complexity index is 1200. The molecule has 0 unspecified atom stereocenters. The molecule has 0 saturated carbocycles. The van der Waals surface area contributed by atoms with Crippen LogP contribution in [0.2, 0.25) is 0 Å². The Kier molecular flexibility index (Phi) is 4.64. The molecule has 5 aromatic rings. The first-order valence-electron chi connectivity index (χ1n) is 10.7. The highest BCUT2D eigenvalue weighted by Crippen LogP contribution is 2.47. The molecule has 0 fully saturated rings. The van der Waals surface area contributed by atoms with Crippen molar-refractivity contribution in [3.8, 4) is 0 Å². The standard InChI is InChI=1S/C30H26/c1-30(2,28(22-13-5-3-6-14-22)23-15-7-4-8-16-23)29-26-19-11-9-17-24(26)21-25-18-10-12-20-27(25)29/h3-21,28H,1-2H3. The zero-order chi connectivity index (χ0) is 20.6. The Morgan fingerprint density at radius 3 is 1.37 bits per heavy atom. The van der Waals surface area contributed by atoms with Crippen LogP contribution in [0.5, 0.6) is 0 Å². The molecule has 0 aliphatic carbocycles. The molecule has 0 radical (unpaired) electrons. The van der Waals surface area contributed by atoms with E-state index >= 15 is 0 Å². The molecule has 0 aromatic heterocycles. The van der Waals surface area contributed by atoms with Crippen molar-refractivity contribution in [2.45, 2.75) is 25.2 Å². The third kappa shape index (κ3) is 3.09. The van der Waals surface area contributed by atoms with Crippen LogP contribution < -0.4 is 0 Å². The van der Waals surface area contributed by atoms with E-state index in [1.807, 2.05) is 0 Å². The molecule has 0 amide bonds. The van der Waals surface area contributed by atoms with Crippen LogP contribution in [-0.4, -0.2) is 0 Å². The lowest BCUT2D eigenvalue weighted by Gasteiger charge is -2.38. The van der Waals surface area contributed by atoms with Crippen LogP contribution in [0.15, 0.2) is 115 Å². The molecule has 146 valence electrons. The molecule has 0 saturated heterocycles. The summed E-state index contributed by atoms with van der Waals surface area (Å²) in [5.41, 5.74) is 4.01. The van der Waals surface area contributed by atoms with E-state index in [0.29, 0.717) is 0 Å². The van der Waals surface area contributed by atoms with Gasteiger partial charge in [0.2, 0.25) is 0 Å². The topological polar surface area (TPSA) is 0 Å². The second-order valence-corrected chi connectivity index (χ2v) is 8.67. The number of benzene rings is 5. The lowest BCUT2D eigenvalue weighted by molar-refractivity contribution is 0.466. The van der Waals surface area contributed by atoms with Crippen molar-refractivity contribution >= 4 is 21.5 Å². The van der Waals surface area contributed by atoms with Crippen molar-refractivity contribution in [2.75, 3.05) is 0 Å². The van der Waals surface area contributed by atoms with Crippen LogP contribution >= 0.6 is 0 Å². The molecule has 0 spiro atoms. The SMILES string of the molecule is CC(C)(c1c2ccccc2cc2ccccc12)C(c1ccccc1)c1ccccc1. The van der Waals surface area contributed by atoms with Gasteiger partial charge in [0.05, 0.1) is 0 Å². The summed E-state index contributed by atoms with van der Waals surface area (Å²) in [7, 11) is 0. The van der Waals surface area contributed by atoms with Gasteiger partial charge in [-0.3, -0.25) is 0 Å². The van der Waals surface area contributed by atoms with E-state index in [2.05, 4.69) is 129 Å². The number of hydrogen-bond acceptors (Lipinski definition) is 0. The van der Waals surface area contributed by atoms with Gasteiger partial charge in [0.25, 0.3) is 0 Å². The van der Waals surface area contributed by atoms with Crippen molar-refractivity contribution in [1.82, 2.24) is 0 Å². The van der Waals surface area contributed by atoms with E-state index < -0.39 is 0 Å². The summed E-state index contributed by atoms with van der Waals surface area (Å²) in [6.45, 7) is 4.82. The average molecular weight is 387 g/mol. The summed E-state index contributed by atoms with van der Waals surface area (Å²) < 4.78 is 0. The second-order valence-electron chi connectivity index (χ2n) is 8.67. The first kappa shape index (κ1) is 18.6. The normalized spacial score (nSPS) is 12.0. The maximum atomic E-state index is 2.41. The third-order valence-corrected chi connectivity index (χ3v) is 6.40. The highest BCUT2D eigenvalue weighted by molar-refractivity contribution is 6.03. The Balaban J connectivity index is 1.86. The summed E-state index contributed by atoms with van der Waals surface area (Å²) in [6, 6.07) is 41.9. The largest absolute Gasteiger partial charge is 0.0622 e. The van der Waals surface area contributed by atoms with E-state index in [-0.39, 0.29) is 11.3 Å². The molecule has 0 aliphatic heterocycles. The molecular weight excluding hydrogens is 360 g/mol. The fraction of sp³-hybridized carbons (Fsp3) is 0.133. The van der Waals surface area contributed by atoms with Gasteiger partial charge in [0.15, 0.2) is 0 Å². The Labute approximate surface area is 178 Å². The van der Waals surface area contributed by atoms with Crippen molar-refractivity contribution in [2.24, 2.45) is 0 Å². The Morgan fingerprint density at radius 1 is 0.500 bits per heavy atom. The predicted octanol–water partition coefficient (Wildman–Crippen LogP) is 8.10. The molecule has 0 bridgehead atoms. The lowest BCUT2D eigenvalue weighted by atomic mass is 9.65. The fourth-order valence-corrected chi connectivity index (χ4v) is 5.17. The Hall–Kier alpha value is -3.38. The predicted molar refractivity (Wildman–Crippen MR) is 129 cm³/mol. The second kappa shape index (κ2) is 7.46. The molecule has 0 atom stereocenters. The monoisotopic (exact) mass is 386 g/mol. The fourth-order valence-electron chi connectivity index (χ4n) is 5.17. The highest BCUT2D eigenvalue weighted by Gasteiger charge is 2.36. The smallest absolute Gasteiger partial charge is 0.0181 e. The van der Waals surface area contributed by atoms with Crippen molar-refractivity contribution < 1.29 is 0 Å². The van der Waals surface area contributed by atoms with E-state index in [1.165, 1.54) is 38.2 Å². The van der Waals surface area contributed by atoms with Crippen LogP contribution in [0.25, 0.3) is 21.5 Å². The third-order valence-electron chi connectivity index (χ3n) is 6.40. The minimum Gasteiger partial charge on any atom is -0.0622 e. The summed E-state index contributed by atoms with van der Waals surface area (Å²) in [4.78, 5) is 0. The van der Waals surface area contributed by atoms with Crippen LogP contribution in [-0.2, 0) is 5.41 Å². The molecule has 0 nitrogen and oxygen atoms in total. The molecule has 0 aliphatic rings. The first-order valence-corrected chi connectivity index (χ1v) is 10.7. The summed E-state index contributed by atoms with van der Waals surface area (Å²) in [5, 5.41) is 5.30. The average Bonchev–Trinajstić information content (AvgIpc) is 2.78. The van der Waals surface area contributed by atoms with Crippen molar-refractivity contribution in [3.05, 3.63) is 132 Å². The molecule has 5 aromatic carbocycles. The maximum Gasteiger partial charge on any atom is 0.0181 e. The molecular formula is C30H26. The number of rotatable bonds is 4. The minimum atomic E-state index is -0.122. The summed E-state index contributed by atoms with van der Waals surface area (Å²) in [5.74, 6) is 0.245. The minimum absolute atomic E-state index is 0.122. The van der Waals surface area contributed by atoms with Gasteiger partial charge >= 0.3 is 0 Å². The van der Waals surface area contributed by atoms with Crippen LogP contribution in [0.1, 0.15) is 36.5 Å².